The lowest BCUT2D eigenvalue weighted by molar-refractivity contribution is -0.111. The molecule has 5 heteroatoms. The maximum atomic E-state index is 12.1. The minimum atomic E-state index is -0.202. The van der Waals surface area contributed by atoms with Crippen LogP contribution in [0.3, 0.4) is 0 Å². The van der Waals surface area contributed by atoms with Gasteiger partial charge in [0.15, 0.2) is 5.13 Å². The first kappa shape index (κ1) is 17.9. The van der Waals surface area contributed by atoms with Gasteiger partial charge in [0.2, 0.25) is 5.91 Å². The number of aromatic nitrogens is 1. The number of benzene rings is 2. The Balaban J connectivity index is 1.63. The molecule has 0 saturated carbocycles. The highest BCUT2D eigenvalue weighted by Gasteiger charge is 2.06. The van der Waals surface area contributed by atoms with Crippen LogP contribution in [-0.4, -0.2) is 10.9 Å². The van der Waals surface area contributed by atoms with E-state index in [4.69, 9.17) is 5.73 Å². The van der Waals surface area contributed by atoms with E-state index in [2.05, 4.69) is 36.3 Å². The lowest BCUT2D eigenvalue weighted by atomic mass is 10.0. The number of nitrogens with one attached hydrogen (secondary N) is 1. The van der Waals surface area contributed by atoms with Crippen LogP contribution in [0.2, 0.25) is 0 Å². The van der Waals surface area contributed by atoms with E-state index in [1.165, 1.54) is 23.0 Å². The third-order valence-electron chi connectivity index (χ3n) is 3.95. The summed E-state index contributed by atoms with van der Waals surface area (Å²) in [5.74, 6) is 0.293. The van der Waals surface area contributed by atoms with E-state index in [0.29, 0.717) is 16.7 Å². The van der Waals surface area contributed by atoms with Crippen molar-refractivity contribution in [2.75, 3.05) is 11.1 Å². The number of thiazole rings is 1. The molecule has 0 bridgehead atoms. The molecule has 0 aliphatic carbocycles. The molecule has 0 radical (unpaired) electrons. The van der Waals surface area contributed by atoms with Crippen LogP contribution in [-0.2, 0) is 4.79 Å². The monoisotopic (exact) mass is 363 g/mol. The molecule has 1 aromatic heterocycles. The van der Waals surface area contributed by atoms with Gasteiger partial charge in [-0.15, -0.1) is 11.3 Å². The van der Waals surface area contributed by atoms with Crippen LogP contribution < -0.4 is 11.1 Å². The molecule has 4 nitrogen and oxygen atoms in total. The Hall–Kier alpha value is -2.92. The first-order valence-corrected chi connectivity index (χ1v) is 9.29. The van der Waals surface area contributed by atoms with Gasteiger partial charge in [-0.2, -0.15) is 0 Å². The van der Waals surface area contributed by atoms with Crippen molar-refractivity contribution in [1.82, 2.24) is 4.98 Å². The summed E-state index contributed by atoms with van der Waals surface area (Å²) in [5.41, 5.74) is 10.5. The number of nitrogens with zero attached hydrogens (tertiary/aromatic N) is 1. The molecule has 0 saturated heterocycles. The standard InChI is InChI=1S/C21H21N3OS/c1-14(2)16-9-6-15(7-10-16)8-11-20(25)24-21-23-19(13-26-21)17-4-3-5-18(22)12-17/h3-14H,22H2,1-2H3,(H,23,24,25)/b11-8+. The molecule has 0 aliphatic heterocycles. The van der Waals surface area contributed by atoms with Gasteiger partial charge >= 0.3 is 0 Å². The summed E-state index contributed by atoms with van der Waals surface area (Å²) in [6.07, 6.45) is 3.32. The highest BCUT2D eigenvalue weighted by Crippen LogP contribution is 2.26. The van der Waals surface area contributed by atoms with Crippen molar-refractivity contribution in [2.24, 2.45) is 0 Å². The Morgan fingerprint density at radius 2 is 1.96 bits per heavy atom. The zero-order chi connectivity index (χ0) is 18.5. The van der Waals surface area contributed by atoms with Crippen LogP contribution in [0.5, 0.6) is 0 Å². The predicted octanol–water partition coefficient (Wildman–Crippen LogP) is 5.17. The van der Waals surface area contributed by atoms with E-state index in [9.17, 15) is 4.79 Å². The zero-order valence-electron chi connectivity index (χ0n) is 14.8. The van der Waals surface area contributed by atoms with Crippen LogP contribution >= 0.6 is 11.3 Å². The number of hydrogen-bond acceptors (Lipinski definition) is 4. The number of nitrogens with two attached hydrogens (primary N) is 1. The van der Waals surface area contributed by atoms with Crippen LogP contribution in [0.25, 0.3) is 17.3 Å². The summed E-state index contributed by atoms with van der Waals surface area (Å²) in [6.45, 7) is 4.31. The average molecular weight is 363 g/mol. The second kappa shape index (κ2) is 7.97. The van der Waals surface area contributed by atoms with E-state index in [1.807, 2.05) is 41.8 Å². The summed E-state index contributed by atoms with van der Waals surface area (Å²) in [4.78, 5) is 16.6. The van der Waals surface area contributed by atoms with Crippen molar-refractivity contribution in [2.45, 2.75) is 19.8 Å². The maximum absolute atomic E-state index is 12.1. The molecular formula is C21H21N3OS. The van der Waals surface area contributed by atoms with Crippen molar-refractivity contribution in [3.8, 4) is 11.3 Å². The summed E-state index contributed by atoms with van der Waals surface area (Å²) in [6, 6.07) is 15.7. The predicted molar refractivity (Wildman–Crippen MR) is 110 cm³/mol. The molecule has 0 fully saturated rings. The quantitative estimate of drug-likeness (QED) is 0.485. The fraction of sp³-hybridized carbons (Fsp3) is 0.143. The van der Waals surface area contributed by atoms with E-state index in [0.717, 1.165) is 16.8 Å². The topological polar surface area (TPSA) is 68.0 Å². The fourth-order valence-electron chi connectivity index (χ4n) is 2.47. The molecule has 3 rings (SSSR count). The number of hydrogen-bond donors (Lipinski definition) is 2. The van der Waals surface area contributed by atoms with Crippen molar-refractivity contribution >= 4 is 34.1 Å². The van der Waals surface area contributed by atoms with Crippen molar-refractivity contribution in [3.05, 3.63) is 71.1 Å². The van der Waals surface area contributed by atoms with Crippen molar-refractivity contribution < 1.29 is 4.79 Å². The highest BCUT2D eigenvalue weighted by molar-refractivity contribution is 7.14. The van der Waals surface area contributed by atoms with Gasteiger partial charge < -0.3 is 5.73 Å². The van der Waals surface area contributed by atoms with Gasteiger partial charge in [0.05, 0.1) is 5.69 Å². The molecule has 1 heterocycles. The van der Waals surface area contributed by atoms with Gasteiger partial charge in [0.25, 0.3) is 0 Å². The van der Waals surface area contributed by atoms with E-state index < -0.39 is 0 Å². The number of anilines is 2. The number of amides is 1. The molecule has 0 aliphatic rings. The van der Waals surface area contributed by atoms with Crippen molar-refractivity contribution in [3.63, 3.8) is 0 Å². The minimum Gasteiger partial charge on any atom is -0.399 e. The Bertz CT molecular complexity index is 926. The highest BCUT2D eigenvalue weighted by atomic mass is 32.1. The Labute approximate surface area is 157 Å². The van der Waals surface area contributed by atoms with Crippen LogP contribution in [0.4, 0.5) is 10.8 Å². The van der Waals surface area contributed by atoms with E-state index in [1.54, 1.807) is 6.08 Å². The summed E-state index contributed by atoms with van der Waals surface area (Å²) in [5, 5.41) is 5.26. The summed E-state index contributed by atoms with van der Waals surface area (Å²) in [7, 11) is 0. The van der Waals surface area contributed by atoms with E-state index in [-0.39, 0.29) is 5.91 Å². The molecule has 3 aromatic rings. The van der Waals surface area contributed by atoms with Crippen LogP contribution in [0, 0.1) is 0 Å². The smallest absolute Gasteiger partial charge is 0.250 e. The minimum absolute atomic E-state index is 0.202. The van der Waals surface area contributed by atoms with Crippen LogP contribution in [0.1, 0.15) is 30.9 Å². The van der Waals surface area contributed by atoms with Gasteiger partial charge in [-0.05, 0) is 35.3 Å². The molecule has 0 spiro atoms. The molecule has 1 amide bonds. The normalized spacial score (nSPS) is 11.2. The zero-order valence-corrected chi connectivity index (χ0v) is 15.6. The first-order valence-electron chi connectivity index (χ1n) is 8.42. The molecule has 2 aromatic carbocycles. The van der Waals surface area contributed by atoms with Crippen LogP contribution in [0.15, 0.2) is 60.0 Å². The second-order valence-corrected chi connectivity index (χ2v) is 7.17. The Morgan fingerprint density at radius 3 is 2.65 bits per heavy atom. The lowest BCUT2D eigenvalue weighted by Crippen LogP contribution is -2.07. The Morgan fingerprint density at radius 1 is 1.19 bits per heavy atom. The second-order valence-electron chi connectivity index (χ2n) is 6.31. The van der Waals surface area contributed by atoms with Gasteiger partial charge in [-0.1, -0.05) is 50.2 Å². The largest absolute Gasteiger partial charge is 0.399 e. The number of rotatable bonds is 5. The number of nitrogen functional groups attached to an aromatic ring is 1. The van der Waals surface area contributed by atoms with Gasteiger partial charge in [0.1, 0.15) is 0 Å². The molecule has 0 unspecified atom stereocenters. The fourth-order valence-corrected chi connectivity index (χ4v) is 3.20. The SMILES string of the molecule is CC(C)c1ccc(/C=C/C(=O)Nc2nc(-c3cccc(N)c3)cs2)cc1. The summed E-state index contributed by atoms with van der Waals surface area (Å²) >= 11 is 1.39. The maximum Gasteiger partial charge on any atom is 0.250 e. The van der Waals surface area contributed by atoms with Gasteiger partial charge in [0, 0.05) is 22.7 Å². The molecule has 3 N–H and O–H groups in total. The van der Waals surface area contributed by atoms with Crippen molar-refractivity contribution in [1.29, 1.82) is 0 Å². The third-order valence-corrected chi connectivity index (χ3v) is 4.70. The average Bonchev–Trinajstić information content (AvgIpc) is 3.09. The summed E-state index contributed by atoms with van der Waals surface area (Å²) < 4.78 is 0. The Kier molecular flexibility index (Phi) is 5.49. The lowest BCUT2D eigenvalue weighted by Gasteiger charge is -2.04. The molecule has 132 valence electrons. The number of carbonyl (C=O) groups is 1. The first-order chi connectivity index (χ1) is 12.5. The van der Waals surface area contributed by atoms with E-state index >= 15 is 0 Å². The molecule has 26 heavy (non-hydrogen) atoms. The number of carbonyl (C=O) groups excluding carboxylic acids is 1. The molecule has 0 atom stereocenters. The van der Waals surface area contributed by atoms with Gasteiger partial charge in [-0.25, -0.2) is 4.98 Å². The third kappa shape index (κ3) is 4.58. The molecular weight excluding hydrogens is 342 g/mol. The van der Waals surface area contributed by atoms with Gasteiger partial charge in [-0.3, -0.25) is 10.1 Å².